The number of aromatic nitrogens is 3. The van der Waals surface area contributed by atoms with Crippen molar-refractivity contribution in [2.45, 2.75) is 12.1 Å². The van der Waals surface area contributed by atoms with Crippen molar-refractivity contribution >= 4 is 35.0 Å². The van der Waals surface area contributed by atoms with E-state index in [-0.39, 0.29) is 17.6 Å². The molecule has 11 nitrogen and oxygen atoms in total. The minimum Gasteiger partial charge on any atom is -0.493 e. The molecule has 0 aliphatic rings. The lowest BCUT2D eigenvalue weighted by atomic mass is 10.1. The molecule has 0 fully saturated rings. The van der Waals surface area contributed by atoms with Crippen molar-refractivity contribution in [1.29, 1.82) is 0 Å². The third kappa shape index (κ3) is 5.66. The van der Waals surface area contributed by atoms with Gasteiger partial charge in [0.15, 0.2) is 17.3 Å². The highest BCUT2D eigenvalue weighted by Crippen LogP contribution is 2.40. The van der Waals surface area contributed by atoms with Crippen LogP contribution in [0.2, 0.25) is 0 Å². The van der Waals surface area contributed by atoms with Gasteiger partial charge in [0.1, 0.15) is 0 Å². The number of nitrogens with two attached hydrogens (primary N) is 1. The molecule has 12 heteroatoms. The van der Waals surface area contributed by atoms with Gasteiger partial charge < -0.3 is 30.7 Å². The standard InChI is InChI=1S/C21H24N6O5S/c1-12(28)23-14-5-7-15(8-6-14)24-18(29)11-33-21-26-25-20(27(21)22)13-9-16(30-2)19(32-4)17(10-13)31-3/h5-10H,11,22H2,1-4H3,(H,23,28)(H,24,29). The van der Waals surface area contributed by atoms with Crippen molar-refractivity contribution in [3.8, 4) is 28.6 Å². The van der Waals surface area contributed by atoms with Crippen molar-refractivity contribution in [1.82, 2.24) is 14.9 Å². The van der Waals surface area contributed by atoms with E-state index >= 15 is 0 Å². The van der Waals surface area contributed by atoms with Crippen LogP contribution in [-0.4, -0.2) is 53.8 Å². The summed E-state index contributed by atoms with van der Waals surface area (Å²) < 4.78 is 17.4. The molecule has 2 aromatic carbocycles. The summed E-state index contributed by atoms with van der Waals surface area (Å²) in [7, 11) is 4.55. The number of hydrogen-bond donors (Lipinski definition) is 3. The quantitative estimate of drug-likeness (QED) is 0.316. The van der Waals surface area contributed by atoms with Gasteiger partial charge in [0.2, 0.25) is 22.7 Å². The molecule has 3 rings (SSSR count). The summed E-state index contributed by atoms with van der Waals surface area (Å²) in [5.74, 6) is 7.55. The summed E-state index contributed by atoms with van der Waals surface area (Å²) in [5.41, 5.74) is 1.85. The highest BCUT2D eigenvalue weighted by molar-refractivity contribution is 7.99. The number of nitrogens with zero attached hydrogens (tertiary/aromatic N) is 3. The van der Waals surface area contributed by atoms with E-state index in [1.807, 2.05) is 0 Å². The molecule has 3 aromatic rings. The molecule has 0 atom stereocenters. The number of rotatable bonds is 9. The third-order valence-electron chi connectivity index (χ3n) is 4.41. The number of benzene rings is 2. The fraction of sp³-hybridized carbons (Fsp3) is 0.238. The summed E-state index contributed by atoms with van der Waals surface area (Å²) in [5, 5.41) is 14.0. The molecule has 0 radical (unpaired) electrons. The van der Waals surface area contributed by atoms with Gasteiger partial charge in [-0.05, 0) is 36.4 Å². The Hall–Kier alpha value is -3.93. The van der Waals surface area contributed by atoms with Crippen molar-refractivity contribution in [3.05, 3.63) is 36.4 Å². The van der Waals surface area contributed by atoms with E-state index in [0.717, 1.165) is 11.8 Å². The summed E-state index contributed by atoms with van der Waals surface area (Å²) in [4.78, 5) is 23.4. The fourth-order valence-electron chi connectivity index (χ4n) is 2.95. The second-order valence-corrected chi connectivity index (χ2v) is 7.63. The Balaban J connectivity index is 1.68. The fourth-order valence-corrected chi connectivity index (χ4v) is 3.61. The molecule has 0 spiro atoms. The smallest absolute Gasteiger partial charge is 0.234 e. The van der Waals surface area contributed by atoms with Crippen molar-refractivity contribution in [3.63, 3.8) is 0 Å². The molecule has 0 bridgehead atoms. The van der Waals surface area contributed by atoms with E-state index in [1.54, 1.807) is 36.4 Å². The molecule has 174 valence electrons. The van der Waals surface area contributed by atoms with Gasteiger partial charge in [0.05, 0.1) is 27.1 Å². The maximum Gasteiger partial charge on any atom is 0.234 e. The lowest BCUT2D eigenvalue weighted by Gasteiger charge is -2.13. The van der Waals surface area contributed by atoms with Crippen molar-refractivity contribution in [2.75, 3.05) is 43.6 Å². The Bertz CT molecular complexity index is 1120. The predicted molar refractivity (Wildman–Crippen MR) is 125 cm³/mol. The number of nitrogens with one attached hydrogen (secondary N) is 2. The molecular formula is C21H24N6O5S. The van der Waals surface area contributed by atoms with Crippen LogP contribution in [0.5, 0.6) is 17.2 Å². The van der Waals surface area contributed by atoms with Gasteiger partial charge in [-0.2, -0.15) is 0 Å². The maximum absolute atomic E-state index is 12.3. The molecule has 0 saturated heterocycles. The normalized spacial score (nSPS) is 10.4. The van der Waals surface area contributed by atoms with Crippen LogP contribution in [0.1, 0.15) is 6.92 Å². The molecule has 2 amide bonds. The predicted octanol–water partition coefficient (Wildman–Crippen LogP) is 2.37. The van der Waals surface area contributed by atoms with Crippen LogP contribution in [0, 0.1) is 0 Å². The zero-order valence-corrected chi connectivity index (χ0v) is 19.4. The van der Waals surface area contributed by atoms with E-state index in [2.05, 4.69) is 20.8 Å². The number of carbonyl (C=O) groups excluding carboxylic acids is 2. The monoisotopic (exact) mass is 472 g/mol. The number of thioether (sulfide) groups is 1. The van der Waals surface area contributed by atoms with E-state index in [4.69, 9.17) is 20.1 Å². The van der Waals surface area contributed by atoms with Gasteiger partial charge in [-0.15, -0.1) is 10.2 Å². The lowest BCUT2D eigenvalue weighted by molar-refractivity contribution is -0.114. The molecule has 33 heavy (non-hydrogen) atoms. The first-order valence-corrected chi connectivity index (χ1v) is 10.7. The molecule has 0 aliphatic heterocycles. The molecule has 1 aromatic heterocycles. The molecule has 4 N–H and O–H groups in total. The zero-order chi connectivity index (χ0) is 24.0. The van der Waals surface area contributed by atoms with Crippen molar-refractivity contribution in [2.24, 2.45) is 0 Å². The highest BCUT2D eigenvalue weighted by Gasteiger charge is 2.19. The maximum atomic E-state index is 12.3. The van der Waals surface area contributed by atoms with Crippen LogP contribution >= 0.6 is 11.8 Å². The number of carbonyl (C=O) groups is 2. The zero-order valence-electron chi connectivity index (χ0n) is 18.5. The summed E-state index contributed by atoms with van der Waals surface area (Å²) in [6.45, 7) is 1.43. The minimum atomic E-state index is -0.246. The van der Waals surface area contributed by atoms with E-state index in [9.17, 15) is 9.59 Å². The lowest BCUT2D eigenvalue weighted by Crippen LogP contribution is -2.16. The van der Waals surface area contributed by atoms with E-state index in [0.29, 0.717) is 45.2 Å². The van der Waals surface area contributed by atoms with Crippen LogP contribution in [0.15, 0.2) is 41.6 Å². The molecule has 0 unspecified atom stereocenters. The topological polar surface area (TPSA) is 143 Å². The van der Waals surface area contributed by atoms with E-state index in [1.165, 1.54) is 32.9 Å². The first-order chi connectivity index (χ1) is 15.9. The van der Waals surface area contributed by atoms with Gasteiger partial charge in [0.25, 0.3) is 0 Å². The van der Waals surface area contributed by atoms with Crippen LogP contribution in [0.25, 0.3) is 11.4 Å². The SMILES string of the molecule is COc1cc(-c2nnc(SCC(=O)Nc3ccc(NC(C)=O)cc3)n2N)cc(OC)c1OC. The number of ether oxygens (including phenoxy) is 3. The number of nitrogen functional groups attached to an aromatic ring is 1. The molecule has 0 aliphatic carbocycles. The molecule has 1 heterocycles. The Labute approximate surface area is 194 Å². The second kappa shape index (κ2) is 10.6. The average molecular weight is 473 g/mol. The first kappa shape index (κ1) is 23.7. The summed E-state index contributed by atoms with van der Waals surface area (Å²) >= 11 is 1.14. The summed E-state index contributed by atoms with van der Waals surface area (Å²) in [6, 6.07) is 10.2. The van der Waals surface area contributed by atoms with Crippen LogP contribution in [0.3, 0.4) is 0 Å². The molecule has 0 saturated carbocycles. The first-order valence-electron chi connectivity index (χ1n) is 9.67. The van der Waals surface area contributed by atoms with E-state index < -0.39 is 0 Å². The van der Waals surface area contributed by atoms with Gasteiger partial charge in [0, 0.05) is 23.9 Å². The van der Waals surface area contributed by atoms with Gasteiger partial charge in [-0.3, -0.25) is 9.59 Å². The van der Waals surface area contributed by atoms with Crippen LogP contribution < -0.4 is 30.7 Å². The number of hydrogen-bond acceptors (Lipinski definition) is 9. The van der Waals surface area contributed by atoms with Crippen LogP contribution in [0.4, 0.5) is 11.4 Å². The molecular weight excluding hydrogens is 448 g/mol. The van der Waals surface area contributed by atoms with Gasteiger partial charge in [-0.1, -0.05) is 11.8 Å². The minimum absolute atomic E-state index is 0.0675. The Kier molecular flexibility index (Phi) is 7.61. The number of anilines is 2. The number of amides is 2. The Morgan fingerprint density at radius 3 is 2.06 bits per heavy atom. The Morgan fingerprint density at radius 2 is 1.55 bits per heavy atom. The third-order valence-corrected chi connectivity index (χ3v) is 5.35. The summed E-state index contributed by atoms with van der Waals surface area (Å²) in [6.07, 6.45) is 0. The average Bonchev–Trinajstić information content (AvgIpc) is 3.17. The van der Waals surface area contributed by atoms with Crippen LogP contribution in [-0.2, 0) is 9.59 Å². The van der Waals surface area contributed by atoms with Gasteiger partial charge >= 0.3 is 0 Å². The van der Waals surface area contributed by atoms with Gasteiger partial charge in [-0.25, -0.2) is 4.68 Å². The number of methoxy groups -OCH3 is 3. The van der Waals surface area contributed by atoms with Crippen molar-refractivity contribution < 1.29 is 23.8 Å². The second-order valence-electron chi connectivity index (χ2n) is 6.69. The largest absolute Gasteiger partial charge is 0.493 e. The highest BCUT2D eigenvalue weighted by atomic mass is 32.2. The Morgan fingerprint density at radius 1 is 0.970 bits per heavy atom.